The topological polar surface area (TPSA) is 54.0 Å². The van der Waals surface area contributed by atoms with Gasteiger partial charge in [0.2, 0.25) is 0 Å². The summed E-state index contributed by atoms with van der Waals surface area (Å²) in [5.74, 6) is 1.78. The number of esters is 1. The Morgan fingerprint density at radius 1 is 0.889 bits per heavy atom. The molecule has 0 N–H and O–H groups in total. The van der Waals surface area contributed by atoms with Crippen molar-refractivity contribution in [2.45, 2.75) is 0 Å². The van der Waals surface area contributed by atoms with E-state index in [2.05, 4.69) is 31.9 Å². The molecule has 3 rings (SSSR count). The van der Waals surface area contributed by atoms with Crippen LogP contribution in [0.3, 0.4) is 0 Å². The van der Waals surface area contributed by atoms with Crippen LogP contribution in [0.15, 0.2) is 51.1 Å². The first kappa shape index (κ1) is 19.5. The second-order valence-electron chi connectivity index (χ2n) is 5.55. The van der Waals surface area contributed by atoms with Crippen molar-refractivity contribution >= 4 is 49.5 Å². The molecule has 0 radical (unpaired) electrons. The van der Waals surface area contributed by atoms with E-state index in [1.807, 2.05) is 30.3 Å². The molecule has 1 aliphatic rings. The van der Waals surface area contributed by atoms with Gasteiger partial charge in [-0.05, 0) is 57.9 Å². The molecule has 0 saturated heterocycles. The van der Waals surface area contributed by atoms with Gasteiger partial charge in [0.05, 0.1) is 21.3 Å². The Bertz CT molecular complexity index is 963. The number of methoxy groups -OCH3 is 3. The lowest BCUT2D eigenvalue weighted by molar-refractivity contribution is -0.132. The van der Waals surface area contributed by atoms with Crippen LogP contribution in [0.2, 0.25) is 0 Å². The minimum atomic E-state index is -0.459. The van der Waals surface area contributed by atoms with Crippen molar-refractivity contribution in [3.8, 4) is 17.2 Å². The molecule has 7 heteroatoms. The Balaban J connectivity index is 2.12. The molecular formula is C20H16Br2O5. The number of rotatable bonds is 5. The summed E-state index contributed by atoms with van der Waals surface area (Å²) in [5.41, 5.74) is 2.15. The van der Waals surface area contributed by atoms with Crippen LogP contribution in [-0.4, -0.2) is 27.3 Å². The number of allylic oxidation sites excluding steroid dienone is 1. The minimum Gasteiger partial charge on any atom is -0.496 e. The highest BCUT2D eigenvalue weighted by atomic mass is 79.9. The fourth-order valence-corrected chi connectivity index (χ4v) is 3.58. The third-order valence-corrected chi connectivity index (χ3v) is 5.20. The van der Waals surface area contributed by atoms with Gasteiger partial charge in [-0.15, -0.1) is 0 Å². The summed E-state index contributed by atoms with van der Waals surface area (Å²) >= 11 is 6.81. The maximum absolute atomic E-state index is 12.2. The van der Waals surface area contributed by atoms with Gasteiger partial charge in [-0.25, -0.2) is 4.79 Å². The van der Waals surface area contributed by atoms with Gasteiger partial charge in [-0.2, -0.15) is 0 Å². The molecule has 1 heterocycles. The first-order valence-electron chi connectivity index (χ1n) is 7.88. The van der Waals surface area contributed by atoms with Crippen LogP contribution in [-0.2, 0) is 9.53 Å². The second kappa shape index (κ2) is 8.19. The number of carbonyl (C=O) groups excluding carboxylic acids is 1. The van der Waals surface area contributed by atoms with Gasteiger partial charge in [-0.3, -0.25) is 0 Å². The molecular weight excluding hydrogens is 480 g/mol. The zero-order valence-corrected chi connectivity index (χ0v) is 18.0. The van der Waals surface area contributed by atoms with E-state index in [1.165, 1.54) is 0 Å². The predicted molar refractivity (Wildman–Crippen MR) is 110 cm³/mol. The normalized spacial score (nSPS) is 15.1. The van der Waals surface area contributed by atoms with Crippen LogP contribution in [0.25, 0.3) is 11.6 Å². The molecule has 0 aromatic heterocycles. The number of benzene rings is 2. The zero-order chi connectivity index (χ0) is 19.6. The van der Waals surface area contributed by atoms with E-state index in [0.717, 1.165) is 15.6 Å². The fourth-order valence-electron chi connectivity index (χ4n) is 2.73. The highest BCUT2D eigenvalue weighted by Gasteiger charge is 2.31. The largest absolute Gasteiger partial charge is 0.496 e. The molecule has 0 amide bonds. The third-order valence-electron chi connectivity index (χ3n) is 3.98. The molecule has 0 bridgehead atoms. The van der Waals surface area contributed by atoms with Crippen LogP contribution >= 0.6 is 31.9 Å². The fraction of sp³-hybridized carbons (Fsp3) is 0.150. The number of hydrogen-bond acceptors (Lipinski definition) is 5. The van der Waals surface area contributed by atoms with Crippen LogP contribution in [0.4, 0.5) is 0 Å². The molecule has 2 aromatic carbocycles. The minimum absolute atomic E-state index is 0.339. The number of ether oxygens (including phenoxy) is 4. The first-order chi connectivity index (χ1) is 13.0. The third kappa shape index (κ3) is 3.89. The lowest BCUT2D eigenvalue weighted by Gasteiger charge is -2.12. The number of cyclic esters (lactones) is 1. The first-order valence-corrected chi connectivity index (χ1v) is 9.47. The summed E-state index contributed by atoms with van der Waals surface area (Å²) in [5, 5.41) is 0. The van der Waals surface area contributed by atoms with Crippen molar-refractivity contribution in [1.82, 2.24) is 0 Å². The van der Waals surface area contributed by atoms with Crippen molar-refractivity contribution in [2.24, 2.45) is 0 Å². The average molecular weight is 496 g/mol. The average Bonchev–Trinajstić information content (AvgIpc) is 2.94. The van der Waals surface area contributed by atoms with E-state index in [0.29, 0.717) is 33.1 Å². The van der Waals surface area contributed by atoms with Crippen molar-refractivity contribution in [2.75, 3.05) is 21.3 Å². The van der Waals surface area contributed by atoms with Crippen molar-refractivity contribution in [3.63, 3.8) is 0 Å². The van der Waals surface area contributed by atoms with Crippen molar-refractivity contribution in [3.05, 3.63) is 62.2 Å². The number of carbonyl (C=O) groups is 1. The molecule has 0 spiro atoms. The second-order valence-corrected chi connectivity index (χ2v) is 7.25. The van der Waals surface area contributed by atoms with Crippen molar-refractivity contribution < 1.29 is 23.7 Å². The summed E-state index contributed by atoms with van der Waals surface area (Å²) in [6, 6.07) is 11.0. The van der Waals surface area contributed by atoms with E-state index in [1.54, 1.807) is 33.5 Å². The molecule has 0 unspecified atom stereocenters. The maximum atomic E-state index is 12.2. The molecule has 2 aromatic rings. The monoisotopic (exact) mass is 494 g/mol. The standard InChI is InChI=1S/C20H16Br2O5/c1-24-14-7-5-12(21)10-13(14)18-17(27-20(23)19(18)22)9-11-4-6-15(25-2)16(8-11)26-3/h4-10H,1-3H3/b17-9-. The Kier molecular flexibility index (Phi) is 5.92. The van der Waals surface area contributed by atoms with E-state index < -0.39 is 5.97 Å². The molecule has 0 atom stereocenters. The number of halogens is 2. The molecule has 0 fully saturated rings. The Hall–Kier alpha value is -2.25. The van der Waals surface area contributed by atoms with Gasteiger partial charge in [0, 0.05) is 15.6 Å². The predicted octanol–water partition coefficient (Wildman–Crippen LogP) is 5.18. The lowest BCUT2D eigenvalue weighted by atomic mass is 10.0. The van der Waals surface area contributed by atoms with Gasteiger partial charge in [0.15, 0.2) is 11.5 Å². The van der Waals surface area contributed by atoms with Crippen molar-refractivity contribution in [1.29, 1.82) is 0 Å². The molecule has 1 aliphatic heterocycles. The summed E-state index contributed by atoms with van der Waals surface area (Å²) in [7, 11) is 4.72. The van der Waals surface area contributed by atoms with Gasteiger partial charge in [0.25, 0.3) is 0 Å². The lowest BCUT2D eigenvalue weighted by Crippen LogP contribution is -1.95. The SMILES string of the molecule is COc1ccc(/C=C2\OC(=O)C(Br)=C2c2cc(Br)ccc2OC)cc1OC. The highest BCUT2D eigenvalue weighted by Crippen LogP contribution is 2.43. The molecule has 5 nitrogen and oxygen atoms in total. The van der Waals surface area contributed by atoms with Crippen LogP contribution < -0.4 is 14.2 Å². The van der Waals surface area contributed by atoms with Gasteiger partial charge in [-0.1, -0.05) is 22.0 Å². The number of hydrogen-bond donors (Lipinski definition) is 0. The highest BCUT2D eigenvalue weighted by molar-refractivity contribution is 9.12. The summed E-state index contributed by atoms with van der Waals surface area (Å²) < 4.78 is 22.7. The van der Waals surface area contributed by atoms with E-state index in [9.17, 15) is 4.79 Å². The van der Waals surface area contributed by atoms with E-state index in [-0.39, 0.29) is 0 Å². The molecule has 27 heavy (non-hydrogen) atoms. The molecule has 140 valence electrons. The van der Waals surface area contributed by atoms with Crippen LogP contribution in [0.5, 0.6) is 17.2 Å². The maximum Gasteiger partial charge on any atom is 0.351 e. The smallest absolute Gasteiger partial charge is 0.351 e. The van der Waals surface area contributed by atoms with Crippen LogP contribution in [0, 0.1) is 0 Å². The Morgan fingerprint density at radius 3 is 2.22 bits per heavy atom. The van der Waals surface area contributed by atoms with E-state index in [4.69, 9.17) is 18.9 Å². The molecule has 0 aliphatic carbocycles. The summed E-state index contributed by atoms with van der Waals surface area (Å²) in [6.07, 6.45) is 1.77. The van der Waals surface area contributed by atoms with Gasteiger partial charge < -0.3 is 18.9 Å². The Labute approximate surface area is 173 Å². The summed E-state index contributed by atoms with van der Waals surface area (Å²) in [4.78, 5) is 12.2. The quantitative estimate of drug-likeness (QED) is 0.535. The van der Waals surface area contributed by atoms with Gasteiger partial charge in [0.1, 0.15) is 16.0 Å². The molecule has 0 saturated carbocycles. The summed E-state index contributed by atoms with van der Waals surface area (Å²) in [6.45, 7) is 0. The Morgan fingerprint density at radius 2 is 1.56 bits per heavy atom. The van der Waals surface area contributed by atoms with Crippen LogP contribution in [0.1, 0.15) is 11.1 Å². The van der Waals surface area contributed by atoms with Gasteiger partial charge >= 0.3 is 5.97 Å². The van der Waals surface area contributed by atoms with E-state index >= 15 is 0 Å². The zero-order valence-electron chi connectivity index (χ0n) is 14.8.